The highest BCUT2D eigenvalue weighted by Gasteiger charge is 2.38. The van der Waals surface area contributed by atoms with Crippen LogP contribution in [0.5, 0.6) is 0 Å². The van der Waals surface area contributed by atoms with Gasteiger partial charge in [-0.2, -0.15) is 26.3 Å². The van der Waals surface area contributed by atoms with Crippen LogP contribution in [0.1, 0.15) is 34.3 Å². The summed E-state index contributed by atoms with van der Waals surface area (Å²) < 4.78 is 77.1. The van der Waals surface area contributed by atoms with Crippen LogP contribution in [0, 0.1) is 5.92 Å². The van der Waals surface area contributed by atoms with E-state index in [0.717, 1.165) is 4.90 Å². The molecule has 1 fully saturated rings. The predicted octanol–water partition coefficient (Wildman–Crippen LogP) is 3.06. The lowest BCUT2D eigenvalue weighted by Gasteiger charge is -2.31. The number of carbonyl (C=O) groups excluding carboxylic acids is 2. The van der Waals surface area contributed by atoms with Crippen molar-refractivity contribution >= 4 is 11.8 Å². The van der Waals surface area contributed by atoms with E-state index in [2.05, 4.69) is 0 Å². The third-order valence-corrected chi connectivity index (χ3v) is 3.95. The van der Waals surface area contributed by atoms with E-state index in [0.29, 0.717) is 25.0 Å². The van der Waals surface area contributed by atoms with E-state index < -0.39 is 46.8 Å². The number of piperidine rings is 1. The number of benzene rings is 1. The fourth-order valence-corrected chi connectivity index (χ4v) is 2.65. The van der Waals surface area contributed by atoms with E-state index in [9.17, 15) is 35.9 Å². The van der Waals surface area contributed by atoms with Crippen LogP contribution >= 0.6 is 0 Å². The van der Waals surface area contributed by atoms with Crippen LogP contribution in [-0.2, 0) is 17.1 Å². The Morgan fingerprint density at radius 1 is 1.00 bits per heavy atom. The number of hydrogen-bond acceptors (Lipinski definition) is 2. The lowest BCUT2D eigenvalue weighted by molar-refractivity contribution is -0.143. The number of carbonyl (C=O) groups is 2. The normalized spacial score (nSPS) is 19.0. The first-order chi connectivity index (χ1) is 11.4. The van der Waals surface area contributed by atoms with Gasteiger partial charge in [-0.1, -0.05) is 0 Å². The zero-order valence-corrected chi connectivity index (χ0v) is 12.7. The highest BCUT2D eigenvalue weighted by atomic mass is 19.4. The molecule has 138 valence electrons. The number of halogens is 6. The van der Waals surface area contributed by atoms with Crippen molar-refractivity contribution in [1.82, 2.24) is 4.90 Å². The number of alkyl halides is 6. The van der Waals surface area contributed by atoms with Gasteiger partial charge in [0, 0.05) is 18.7 Å². The van der Waals surface area contributed by atoms with Gasteiger partial charge in [0.05, 0.1) is 17.0 Å². The van der Waals surface area contributed by atoms with Crippen LogP contribution in [0.4, 0.5) is 26.3 Å². The summed E-state index contributed by atoms with van der Waals surface area (Å²) in [4.78, 5) is 24.6. The third-order valence-electron chi connectivity index (χ3n) is 3.95. The van der Waals surface area contributed by atoms with E-state index >= 15 is 0 Å². The minimum Gasteiger partial charge on any atom is -0.369 e. The number of likely N-dealkylation sites (tertiary alicyclic amines) is 1. The summed E-state index contributed by atoms with van der Waals surface area (Å²) in [7, 11) is 0. The maximum absolute atomic E-state index is 12.9. The molecule has 2 rings (SSSR count). The topological polar surface area (TPSA) is 63.4 Å². The molecular formula is C15H14F6N2O2. The molecule has 1 heterocycles. The van der Waals surface area contributed by atoms with Crippen LogP contribution in [0.3, 0.4) is 0 Å². The molecule has 4 nitrogen and oxygen atoms in total. The smallest absolute Gasteiger partial charge is 0.369 e. The van der Waals surface area contributed by atoms with E-state index in [-0.39, 0.29) is 19.2 Å². The van der Waals surface area contributed by atoms with Gasteiger partial charge in [-0.05, 0) is 31.0 Å². The average Bonchev–Trinajstić information content (AvgIpc) is 2.52. The van der Waals surface area contributed by atoms with Gasteiger partial charge in [0.25, 0.3) is 5.91 Å². The number of nitrogens with zero attached hydrogens (tertiary/aromatic N) is 1. The van der Waals surface area contributed by atoms with Gasteiger partial charge in [-0.25, -0.2) is 0 Å². The Morgan fingerprint density at radius 2 is 1.52 bits per heavy atom. The Kier molecular flexibility index (Phi) is 5.01. The predicted molar refractivity (Wildman–Crippen MR) is 74.3 cm³/mol. The molecule has 1 aliphatic rings. The molecule has 2 amide bonds. The number of hydrogen-bond donors (Lipinski definition) is 1. The minimum atomic E-state index is -5.03. The molecule has 2 N–H and O–H groups in total. The maximum Gasteiger partial charge on any atom is 0.416 e. The summed E-state index contributed by atoms with van der Waals surface area (Å²) in [5.74, 6) is -2.34. The van der Waals surface area contributed by atoms with Crippen molar-refractivity contribution in [2.75, 3.05) is 13.1 Å². The van der Waals surface area contributed by atoms with E-state index in [1.54, 1.807) is 0 Å². The fourth-order valence-electron chi connectivity index (χ4n) is 2.65. The molecule has 1 aromatic carbocycles. The summed E-state index contributed by atoms with van der Waals surface area (Å²) in [6, 6.07) is 0.718. The van der Waals surface area contributed by atoms with Crippen molar-refractivity contribution in [3.05, 3.63) is 34.9 Å². The minimum absolute atomic E-state index is 0.0425. The molecule has 1 saturated heterocycles. The average molecular weight is 368 g/mol. The van der Waals surface area contributed by atoms with E-state index in [4.69, 9.17) is 5.73 Å². The van der Waals surface area contributed by atoms with Crippen LogP contribution in [0.15, 0.2) is 18.2 Å². The standard InChI is InChI=1S/C15H14F6N2O2/c16-14(17,18)10-4-9(5-11(6-10)15(19,20)21)13(25)23-3-1-2-8(7-23)12(22)24/h4-6,8H,1-3,7H2,(H2,22,24). The first-order valence-corrected chi connectivity index (χ1v) is 7.27. The maximum atomic E-state index is 12.9. The van der Waals surface area contributed by atoms with Crippen LogP contribution in [0.2, 0.25) is 0 Å². The van der Waals surface area contributed by atoms with Crippen molar-refractivity contribution < 1.29 is 35.9 Å². The van der Waals surface area contributed by atoms with Crippen LogP contribution < -0.4 is 5.73 Å². The molecule has 25 heavy (non-hydrogen) atoms. The molecule has 0 radical (unpaired) electrons. The van der Waals surface area contributed by atoms with Crippen molar-refractivity contribution in [3.8, 4) is 0 Å². The Hall–Kier alpha value is -2.26. The highest BCUT2D eigenvalue weighted by molar-refractivity contribution is 5.95. The van der Waals surface area contributed by atoms with Gasteiger partial charge in [0.15, 0.2) is 0 Å². The van der Waals surface area contributed by atoms with Crippen LogP contribution in [0.25, 0.3) is 0 Å². The SMILES string of the molecule is NC(=O)C1CCCN(C(=O)c2cc(C(F)(F)F)cc(C(F)(F)F)c2)C1. The van der Waals surface area contributed by atoms with Crippen molar-refractivity contribution in [3.63, 3.8) is 0 Å². The van der Waals surface area contributed by atoms with Gasteiger partial charge in [0.1, 0.15) is 0 Å². The largest absolute Gasteiger partial charge is 0.416 e. The molecule has 0 spiro atoms. The van der Waals surface area contributed by atoms with E-state index in [1.807, 2.05) is 0 Å². The Labute approximate surface area is 138 Å². The zero-order chi connectivity index (χ0) is 19.0. The summed E-state index contributed by atoms with van der Waals surface area (Å²) in [6.45, 7) is -0.00796. The van der Waals surface area contributed by atoms with Crippen molar-refractivity contribution in [2.24, 2.45) is 11.7 Å². The van der Waals surface area contributed by atoms with Crippen molar-refractivity contribution in [2.45, 2.75) is 25.2 Å². The third kappa shape index (κ3) is 4.43. The first kappa shape index (κ1) is 19.1. The lowest BCUT2D eigenvalue weighted by atomic mass is 9.96. The van der Waals surface area contributed by atoms with Gasteiger partial charge in [-0.15, -0.1) is 0 Å². The van der Waals surface area contributed by atoms with E-state index in [1.165, 1.54) is 0 Å². The van der Waals surface area contributed by atoms with Gasteiger partial charge < -0.3 is 10.6 Å². The van der Waals surface area contributed by atoms with Gasteiger partial charge in [0.2, 0.25) is 5.91 Å². The molecule has 0 bridgehead atoms. The number of nitrogens with two attached hydrogens (primary N) is 1. The Morgan fingerprint density at radius 3 is 1.96 bits per heavy atom. The van der Waals surface area contributed by atoms with Crippen LogP contribution in [-0.4, -0.2) is 29.8 Å². The second-order valence-corrected chi connectivity index (χ2v) is 5.79. The molecular weight excluding hydrogens is 354 g/mol. The second-order valence-electron chi connectivity index (χ2n) is 5.79. The first-order valence-electron chi connectivity index (χ1n) is 7.27. The Balaban J connectivity index is 2.40. The molecule has 1 atom stereocenters. The fraction of sp³-hybridized carbons (Fsp3) is 0.467. The molecule has 0 saturated carbocycles. The quantitative estimate of drug-likeness (QED) is 0.816. The summed E-state index contributed by atoms with van der Waals surface area (Å²) >= 11 is 0. The highest BCUT2D eigenvalue weighted by Crippen LogP contribution is 2.36. The molecule has 0 aromatic heterocycles. The Bertz CT molecular complexity index is 651. The molecule has 1 aliphatic heterocycles. The molecule has 1 unspecified atom stereocenters. The molecule has 10 heteroatoms. The number of rotatable bonds is 2. The van der Waals surface area contributed by atoms with Gasteiger partial charge >= 0.3 is 12.4 Å². The lowest BCUT2D eigenvalue weighted by Crippen LogP contribution is -2.44. The zero-order valence-electron chi connectivity index (χ0n) is 12.7. The summed E-state index contributed by atoms with van der Waals surface area (Å²) in [5, 5.41) is 0. The van der Waals surface area contributed by atoms with Crippen molar-refractivity contribution in [1.29, 1.82) is 0 Å². The number of primary amides is 1. The molecule has 1 aromatic rings. The monoisotopic (exact) mass is 368 g/mol. The second kappa shape index (κ2) is 6.57. The molecule has 0 aliphatic carbocycles. The summed E-state index contributed by atoms with van der Waals surface area (Å²) in [6.07, 6.45) is -9.28. The number of amides is 2. The summed E-state index contributed by atoms with van der Waals surface area (Å²) in [5.41, 5.74) is 1.30. The van der Waals surface area contributed by atoms with Gasteiger partial charge in [-0.3, -0.25) is 9.59 Å².